The van der Waals surface area contributed by atoms with Gasteiger partial charge in [0.05, 0.1) is 12.3 Å². The number of nitrogens with one attached hydrogen (secondary N) is 1. The van der Waals surface area contributed by atoms with Crippen LogP contribution in [0.4, 0.5) is 0 Å². The first-order valence-electron chi connectivity index (χ1n) is 7.67. The summed E-state index contributed by atoms with van der Waals surface area (Å²) in [6.07, 6.45) is 4.69. The van der Waals surface area contributed by atoms with Crippen LogP contribution in [0.1, 0.15) is 31.6 Å². The van der Waals surface area contributed by atoms with Crippen LogP contribution in [-0.4, -0.2) is 26.9 Å². The van der Waals surface area contributed by atoms with E-state index in [1.54, 1.807) is 11.2 Å². The number of carbonyl (C=O) groups excluding carboxylic acids is 1. The lowest BCUT2D eigenvalue weighted by Gasteiger charge is -2.37. The molecule has 0 saturated carbocycles. The third kappa shape index (κ3) is 3.28. The molecule has 0 aliphatic carbocycles. The largest absolute Gasteiger partial charge is 0.467 e. The molecule has 1 aliphatic heterocycles. The molecule has 1 saturated heterocycles. The normalized spacial score (nSPS) is 21.3. The number of piperidine rings is 1. The molecule has 7 nitrogen and oxygen atoms in total. The van der Waals surface area contributed by atoms with Gasteiger partial charge in [0.2, 0.25) is 5.91 Å². The molecule has 122 valence electrons. The average Bonchev–Trinajstić information content (AvgIpc) is 3.04. The highest BCUT2D eigenvalue weighted by molar-refractivity contribution is 5.76. The highest BCUT2D eigenvalue weighted by Gasteiger charge is 2.32. The Bertz CT molecular complexity index is 790. The molecule has 0 radical (unpaired) electrons. The second-order valence-corrected chi connectivity index (χ2v) is 5.99. The van der Waals surface area contributed by atoms with E-state index in [1.165, 1.54) is 16.8 Å². The molecule has 1 aliphatic rings. The van der Waals surface area contributed by atoms with Crippen molar-refractivity contribution >= 4 is 5.91 Å². The standard InChI is InChI=1S/C16H19N3O4/c1-11-4-7-19(12(9-11)13-3-2-8-23-13)15(21)10-18-6-5-14(20)17-16(18)22/h2-3,5-6,8,11-12H,4,7,9-10H2,1H3,(H,17,20,22)/t11-,12-/m0/s1. The first-order chi connectivity index (χ1) is 11.0. The Labute approximate surface area is 132 Å². The molecule has 0 unspecified atom stereocenters. The van der Waals surface area contributed by atoms with E-state index in [1.807, 2.05) is 12.1 Å². The highest BCUT2D eigenvalue weighted by Crippen LogP contribution is 2.34. The van der Waals surface area contributed by atoms with Gasteiger partial charge in [0.15, 0.2) is 0 Å². The van der Waals surface area contributed by atoms with Gasteiger partial charge in [-0.15, -0.1) is 0 Å². The molecule has 7 heteroatoms. The number of aromatic amines is 1. The topological polar surface area (TPSA) is 88.3 Å². The van der Waals surface area contributed by atoms with Crippen LogP contribution in [-0.2, 0) is 11.3 Å². The zero-order chi connectivity index (χ0) is 16.4. The number of aromatic nitrogens is 2. The molecule has 0 bridgehead atoms. The third-order valence-corrected chi connectivity index (χ3v) is 4.26. The molecule has 2 aromatic rings. The van der Waals surface area contributed by atoms with Gasteiger partial charge in [-0.2, -0.15) is 0 Å². The van der Waals surface area contributed by atoms with Crippen molar-refractivity contribution in [2.75, 3.05) is 6.54 Å². The summed E-state index contributed by atoms with van der Waals surface area (Å²) in [4.78, 5) is 39.4. The van der Waals surface area contributed by atoms with Gasteiger partial charge in [0.25, 0.3) is 5.56 Å². The number of H-pyrrole nitrogens is 1. The molecular weight excluding hydrogens is 298 g/mol. The van der Waals surface area contributed by atoms with Crippen molar-refractivity contribution in [2.24, 2.45) is 5.92 Å². The minimum atomic E-state index is -0.578. The molecule has 23 heavy (non-hydrogen) atoms. The number of nitrogens with zero attached hydrogens (tertiary/aromatic N) is 2. The van der Waals surface area contributed by atoms with Gasteiger partial charge in [0, 0.05) is 18.8 Å². The first kappa shape index (κ1) is 15.3. The summed E-state index contributed by atoms with van der Waals surface area (Å²) in [6.45, 7) is 2.69. The summed E-state index contributed by atoms with van der Waals surface area (Å²) in [7, 11) is 0. The Hall–Kier alpha value is -2.57. The Morgan fingerprint density at radius 3 is 2.91 bits per heavy atom. The molecular formula is C16H19N3O4. The lowest BCUT2D eigenvalue weighted by Crippen LogP contribution is -2.43. The van der Waals surface area contributed by atoms with Crippen LogP contribution in [0, 0.1) is 5.92 Å². The van der Waals surface area contributed by atoms with E-state index >= 15 is 0 Å². The van der Waals surface area contributed by atoms with Gasteiger partial charge in [-0.25, -0.2) is 4.79 Å². The lowest BCUT2D eigenvalue weighted by atomic mass is 9.91. The van der Waals surface area contributed by atoms with Gasteiger partial charge >= 0.3 is 5.69 Å². The minimum Gasteiger partial charge on any atom is -0.467 e. The van der Waals surface area contributed by atoms with Crippen molar-refractivity contribution < 1.29 is 9.21 Å². The monoisotopic (exact) mass is 317 g/mol. The number of hydrogen-bond donors (Lipinski definition) is 1. The number of amides is 1. The second kappa shape index (κ2) is 6.28. The summed E-state index contributed by atoms with van der Waals surface area (Å²) in [5, 5.41) is 0. The van der Waals surface area contributed by atoms with Crippen LogP contribution >= 0.6 is 0 Å². The number of carbonyl (C=O) groups is 1. The van der Waals surface area contributed by atoms with Gasteiger partial charge in [-0.05, 0) is 30.9 Å². The fourth-order valence-electron chi connectivity index (χ4n) is 3.00. The number of furan rings is 1. The fourth-order valence-corrected chi connectivity index (χ4v) is 3.00. The summed E-state index contributed by atoms with van der Waals surface area (Å²) in [5.74, 6) is 1.11. The predicted molar refractivity (Wildman–Crippen MR) is 82.9 cm³/mol. The van der Waals surface area contributed by atoms with Gasteiger partial charge in [-0.3, -0.25) is 19.1 Å². The maximum atomic E-state index is 12.6. The zero-order valence-electron chi connectivity index (χ0n) is 12.9. The van der Waals surface area contributed by atoms with E-state index in [4.69, 9.17) is 4.42 Å². The third-order valence-electron chi connectivity index (χ3n) is 4.26. The van der Waals surface area contributed by atoms with Crippen molar-refractivity contribution in [2.45, 2.75) is 32.4 Å². The van der Waals surface area contributed by atoms with E-state index in [-0.39, 0.29) is 18.5 Å². The van der Waals surface area contributed by atoms with Crippen LogP contribution in [0.5, 0.6) is 0 Å². The van der Waals surface area contributed by atoms with Crippen molar-refractivity contribution in [3.05, 3.63) is 57.3 Å². The van der Waals surface area contributed by atoms with Gasteiger partial charge in [-0.1, -0.05) is 6.92 Å². The lowest BCUT2D eigenvalue weighted by molar-refractivity contribution is -0.137. The summed E-state index contributed by atoms with van der Waals surface area (Å²) < 4.78 is 6.69. The molecule has 0 spiro atoms. The Morgan fingerprint density at radius 2 is 2.22 bits per heavy atom. The summed E-state index contributed by atoms with van der Waals surface area (Å²) in [6, 6.07) is 4.80. The maximum Gasteiger partial charge on any atom is 0.328 e. The molecule has 3 rings (SSSR count). The Kier molecular flexibility index (Phi) is 4.18. The van der Waals surface area contributed by atoms with Crippen molar-refractivity contribution in [3.8, 4) is 0 Å². The summed E-state index contributed by atoms with van der Waals surface area (Å²) in [5.41, 5.74) is -1.05. The van der Waals surface area contributed by atoms with Gasteiger partial charge < -0.3 is 9.32 Å². The molecule has 2 aromatic heterocycles. The van der Waals surface area contributed by atoms with E-state index in [0.29, 0.717) is 12.5 Å². The number of likely N-dealkylation sites (tertiary alicyclic amines) is 1. The van der Waals surface area contributed by atoms with E-state index < -0.39 is 11.2 Å². The fraction of sp³-hybridized carbons (Fsp3) is 0.438. The number of hydrogen-bond acceptors (Lipinski definition) is 4. The average molecular weight is 317 g/mol. The van der Waals surface area contributed by atoms with Crippen LogP contribution < -0.4 is 11.2 Å². The van der Waals surface area contributed by atoms with Crippen LogP contribution in [0.15, 0.2) is 44.7 Å². The van der Waals surface area contributed by atoms with Crippen LogP contribution in [0.3, 0.4) is 0 Å². The highest BCUT2D eigenvalue weighted by atomic mass is 16.3. The molecule has 3 heterocycles. The SMILES string of the molecule is C[C@H]1CCN(C(=O)Cn2ccc(=O)[nH]c2=O)[C@H](c2ccco2)C1. The van der Waals surface area contributed by atoms with E-state index in [2.05, 4.69) is 11.9 Å². The minimum absolute atomic E-state index is 0.0960. The van der Waals surface area contributed by atoms with E-state index in [9.17, 15) is 14.4 Å². The van der Waals surface area contributed by atoms with Crippen molar-refractivity contribution in [3.63, 3.8) is 0 Å². The molecule has 2 atom stereocenters. The number of rotatable bonds is 3. The first-order valence-corrected chi connectivity index (χ1v) is 7.67. The van der Waals surface area contributed by atoms with E-state index in [0.717, 1.165) is 18.6 Å². The second-order valence-electron chi connectivity index (χ2n) is 5.99. The summed E-state index contributed by atoms with van der Waals surface area (Å²) >= 11 is 0. The Morgan fingerprint density at radius 1 is 1.39 bits per heavy atom. The smallest absolute Gasteiger partial charge is 0.328 e. The molecule has 1 fully saturated rings. The van der Waals surface area contributed by atoms with Gasteiger partial charge in [0.1, 0.15) is 12.3 Å². The predicted octanol–water partition coefficient (Wildman–Crippen LogP) is 1.13. The quantitative estimate of drug-likeness (QED) is 0.919. The maximum absolute atomic E-state index is 12.6. The van der Waals surface area contributed by atoms with Crippen LogP contribution in [0.25, 0.3) is 0 Å². The zero-order valence-corrected chi connectivity index (χ0v) is 12.9. The molecule has 1 N–H and O–H groups in total. The molecule has 1 amide bonds. The van der Waals surface area contributed by atoms with Crippen molar-refractivity contribution in [1.82, 2.24) is 14.5 Å². The molecule has 0 aromatic carbocycles. The van der Waals surface area contributed by atoms with Crippen molar-refractivity contribution in [1.29, 1.82) is 0 Å². The van der Waals surface area contributed by atoms with Crippen LogP contribution in [0.2, 0.25) is 0 Å². The Balaban J connectivity index is 1.81.